The van der Waals surface area contributed by atoms with Gasteiger partial charge in [-0.15, -0.1) is 0 Å². The Hall–Kier alpha value is -1.42. The molecule has 0 radical (unpaired) electrons. The Morgan fingerprint density at radius 1 is 1.43 bits per heavy atom. The van der Waals surface area contributed by atoms with Gasteiger partial charge in [-0.1, -0.05) is 6.07 Å². The minimum absolute atomic E-state index is 0.148. The number of hydrogen-bond acceptors (Lipinski definition) is 3. The summed E-state index contributed by atoms with van der Waals surface area (Å²) in [6.07, 6.45) is 3.63. The van der Waals surface area contributed by atoms with Crippen molar-refractivity contribution in [1.29, 1.82) is 0 Å². The average molecular weight is 192 g/mol. The number of hydroxylamine groups is 2. The smallest absolute Gasteiger partial charge is 0.271 e. The molecular formula is C10H12N2O2. The van der Waals surface area contributed by atoms with E-state index in [1.807, 2.05) is 0 Å². The summed E-state index contributed by atoms with van der Waals surface area (Å²) in [6.45, 7) is 1.29. The van der Waals surface area contributed by atoms with Crippen molar-refractivity contribution in [3.05, 3.63) is 30.1 Å². The molecule has 4 heteroatoms. The van der Waals surface area contributed by atoms with Gasteiger partial charge in [0.1, 0.15) is 5.69 Å². The molecule has 2 heterocycles. The largest absolute Gasteiger partial charge is 0.295 e. The Kier molecular flexibility index (Phi) is 2.74. The number of aromatic nitrogens is 1. The summed E-state index contributed by atoms with van der Waals surface area (Å²) in [5.74, 6) is -0.148. The lowest BCUT2D eigenvalue weighted by atomic mass is 10.3. The summed E-state index contributed by atoms with van der Waals surface area (Å²) >= 11 is 0. The lowest BCUT2D eigenvalue weighted by molar-refractivity contribution is -0.144. The van der Waals surface area contributed by atoms with E-state index in [1.54, 1.807) is 24.4 Å². The van der Waals surface area contributed by atoms with Crippen molar-refractivity contribution >= 4 is 5.91 Å². The van der Waals surface area contributed by atoms with Crippen molar-refractivity contribution in [3.63, 3.8) is 0 Å². The van der Waals surface area contributed by atoms with E-state index in [9.17, 15) is 4.79 Å². The molecule has 1 aliphatic heterocycles. The predicted molar refractivity (Wildman–Crippen MR) is 50.5 cm³/mol. The third kappa shape index (κ3) is 1.90. The first-order chi connectivity index (χ1) is 6.88. The second-order valence-electron chi connectivity index (χ2n) is 3.16. The first-order valence-corrected chi connectivity index (χ1v) is 4.74. The molecule has 0 aromatic carbocycles. The van der Waals surface area contributed by atoms with Crippen LogP contribution in [0, 0.1) is 0 Å². The van der Waals surface area contributed by atoms with Gasteiger partial charge in [0.15, 0.2) is 0 Å². The Balaban J connectivity index is 2.07. The molecule has 0 aliphatic carbocycles. The van der Waals surface area contributed by atoms with Crippen LogP contribution >= 0.6 is 0 Å². The van der Waals surface area contributed by atoms with Gasteiger partial charge in [-0.25, -0.2) is 5.06 Å². The molecule has 1 saturated heterocycles. The zero-order chi connectivity index (χ0) is 9.80. The summed E-state index contributed by atoms with van der Waals surface area (Å²) < 4.78 is 0. The van der Waals surface area contributed by atoms with Crippen LogP contribution < -0.4 is 0 Å². The molecule has 14 heavy (non-hydrogen) atoms. The van der Waals surface area contributed by atoms with Crippen molar-refractivity contribution in [2.45, 2.75) is 12.8 Å². The van der Waals surface area contributed by atoms with Gasteiger partial charge in [0.2, 0.25) is 0 Å². The van der Waals surface area contributed by atoms with Crippen LogP contribution in [-0.4, -0.2) is 29.1 Å². The van der Waals surface area contributed by atoms with Crippen molar-refractivity contribution in [2.24, 2.45) is 0 Å². The third-order valence-corrected chi connectivity index (χ3v) is 2.11. The van der Waals surface area contributed by atoms with E-state index in [2.05, 4.69) is 4.98 Å². The molecule has 0 spiro atoms. The van der Waals surface area contributed by atoms with Crippen LogP contribution in [0.2, 0.25) is 0 Å². The molecule has 0 saturated carbocycles. The van der Waals surface area contributed by atoms with E-state index in [4.69, 9.17) is 4.84 Å². The van der Waals surface area contributed by atoms with E-state index in [0.717, 1.165) is 12.8 Å². The molecule has 1 aliphatic rings. The highest BCUT2D eigenvalue weighted by molar-refractivity contribution is 5.91. The molecule has 0 atom stereocenters. The molecule has 0 N–H and O–H groups in total. The van der Waals surface area contributed by atoms with Crippen molar-refractivity contribution in [1.82, 2.24) is 10.0 Å². The fourth-order valence-electron chi connectivity index (χ4n) is 1.37. The molecule has 0 bridgehead atoms. The molecule has 2 rings (SSSR count). The number of rotatable bonds is 1. The van der Waals surface area contributed by atoms with Gasteiger partial charge in [-0.05, 0) is 25.0 Å². The molecule has 1 aromatic rings. The molecule has 4 nitrogen and oxygen atoms in total. The zero-order valence-corrected chi connectivity index (χ0v) is 7.85. The zero-order valence-electron chi connectivity index (χ0n) is 7.85. The molecule has 1 amide bonds. The van der Waals surface area contributed by atoms with Crippen LogP contribution in [0.25, 0.3) is 0 Å². The second-order valence-corrected chi connectivity index (χ2v) is 3.16. The van der Waals surface area contributed by atoms with Crippen LogP contribution in [0.4, 0.5) is 0 Å². The summed E-state index contributed by atoms with van der Waals surface area (Å²) in [7, 11) is 0. The number of hydrogen-bond donors (Lipinski definition) is 0. The normalized spacial score (nSPS) is 16.7. The Morgan fingerprint density at radius 3 is 3.00 bits per heavy atom. The van der Waals surface area contributed by atoms with Crippen LogP contribution in [0.3, 0.4) is 0 Å². The second kappa shape index (κ2) is 4.19. The van der Waals surface area contributed by atoms with Gasteiger partial charge in [0.25, 0.3) is 5.91 Å². The summed E-state index contributed by atoms with van der Waals surface area (Å²) in [5, 5.41) is 1.39. The predicted octanol–water partition coefficient (Wildman–Crippen LogP) is 1.25. The monoisotopic (exact) mass is 192 g/mol. The number of nitrogens with zero attached hydrogens (tertiary/aromatic N) is 2. The number of carbonyl (C=O) groups is 1. The van der Waals surface area contributed by atoms with Gasteiger partial charge < -0.3 is 0 Å². The molecule has 74 valence electrons. The molecule has 0 unspecified atom stereocenters. The highest BCUT2D eigenvalue weighted by Crippen LogP contribution is 2.09. The van der Waals surface area contributed by atoms with Crippen LogP contribution in [0.15, 0.2) is 24.4 Å². The molecule has 1 aromatic heterocycles. The first-order valence-electron chi connectivity index (χ1n) is 4.74. The highest BCUT2D eigenvalue weighted by Gasteiger charge is 2.19. The minimum Gasteiger partial charge on any atom is -0.271 e. The fraction of sp³-hybridized carbons (Fsp3) is 0.400. The van der Waals surface area contributed by atoms with Gasteiger partial charge in [0.05, 0.1) is 6.61 Å². The highest BCUT2D eigenvalue weighted by atomic mass is 16.7. The first kappa shape index (κ1) is 9.15. The maximum absolute atomic E-state index is 11.7. The standard InChI is InChI=1S/C10H12N2O2/c13-10(9-5-1-2-6-11-9)12-7-3-4-8-14-12/h1-2,5-6H,3-4,7-8H2. The van der Waals surface area contributed by atoms with E-state index in [-0.39, 0.29) is 5.91 Å². The van der Waals surface area contributed by atoms with Crippen LogP contribution in [0.1, 0.15) is 23.3 Å². The number of pyridine rings is 1. The summed E-state index contributed by atoms with van der Waals surface area (Å²) in [4.78, 5) is 21.0. The van der Waals surface area contributed by atoms with E-state index in [0.29, 0.717) is 18.8 Å². The maximum Gasteiger partial charge on any atom is 0.295 e. The van der Waals surface area contributed by atoms with Crippen LogP contribution in [0.5, 0.6) is 0 Å². The van der Waals surface area contributed by atoms with Gasteiger partial charge in [0, 0.05) is 12.7 Å². The van der Waals surface area contributed by atoms with Gasteiger partial charge in [-0.3, -0.25) is 14.6 Å². The van der Waals surface area contributed by atoms with Crippen molar-refractivity contribution in [3.8, 4) is 0 Å². The third-order valence-electron chi connectivity index (χ3n) is 2.11. The SMILES string of the molecule is O=C(c1ccccn1)N1CCCCO1. The summed E-state index contributed by atoms with van der Waals surface area (Å²) in [6, 6.07) is 5.28. The Bertz CT molecular complexity index is 307. The Morgan fingerprint density at radius 2 is 2.36 bits per heavy atom. The van der Waals surface area contributed by atoms with Crippen molar-refractivity contribution in [2.75, 3.05) is 13.2 Å². The summed E-state index contributed by atoms with van der Waals surface area (Å²) in [5.41, 5.74) is 0.439. The van der Waals surface area contributed by atoms with E-state index < -0.39 is 0 Å². The quantitative estimate of drug-likeness (QED) is 0.672. The Labute approximate surface area is 82.5 Å². The van der Waals surface area contributed by atoms with Crippen molar-refractivity contribution < 1.29 is 9.63 Å². The lowest BCUT2D eigenvalue weighted by Gasteiger charge is -2.25. The van der Waals surface area contributed by atoms with E-state index in [1.165, 1.54) is 5.06 Å². The van der Waals surface area contributed by atoms with Gasteiger partial charge >= 0.3 is 0 Å². The fourth-order valence-corrected chi connectivity index (χ4v) is 1.37. The number of carbonyl (C=O) groups excluding carboxylic acids is 1. The molecular weight excluding hydrogens is 180 g/mol. The molecule has 1 fully saturated rings. The van der Waals surface area contributed by atoms with Crippen LogP contribution in [-0.2, 0) is 4.84 Å². The maximum atomic E-state index is 11.7. The van der Waals surface area contributed by atoms with Gasteiger partial charge in [-0.2, -0.15) is 0 Å². The van der Waals surface area contributed by atoms with E-state index >= 15 is 0 Å². The average Bonchev–Trinajstić information content (AvgIpc) is 2.30. The minimum atomic E-state index is -0.148. The lowest BCUT2D eigenvalue weighted by Crippen LogP contribution is -2.36. The number of amides is 1. The topological polar surface area (TPSA) is 42.4 Å².